The van der Waals surface area contributed by atoms with E-state index in [4.69, 9.17) is 15.0 Å². The number of rotatable bonds is 3. The number of nitrogens with two attached hydrogens (primary N) is 1. The fourth-order valence-electron chi connectivity index (χ4n) is 2.93. The minimum Gasteiger partial charge on any atom is -0.379 e. The lowest BCUT2D eigenvalue weighted by molar-refractivity contribution is 0.187. The van der Waals surface area contributed by atoms with Gasteiger partial charge in [-0.05, 0) is 18.4 Å². The molecule has 2 atom stereocenters. The Bertz CT molecular complexity index is 607. The molecule has 1 saturated heterocycles. The Kier molecular flexibility index (Phi) is 2.65. The summed E-state index contributed by atoms with van der Waals surface area (Å²) in [5.74, 6) is 1.44. The molecule has 2 unspecified atom stereocenters. The van der Waals surface area contributed by atoms with Gasteiger partial charge in [-0.1, -0.05) is 35.5 Å². The van der Waals surface area contributed by atoms with Crippen LogP contribution in [0.15, 0.2) is 34.9 Å². The Hall–Kier alpha value is -1.72. The number of aromatic nitrogens is 2. The zero-order chi connectivity index (χ0) is 13.6. The largest absolute Gasteiger partial charge is 0.379 e. The minimum absolute atomic E-state index is 0.0304. The van der Waals surface area contributed by atoms with Crippen molar-refractivity contribution in [2.45, 2.75) is 30.2 Å². The van der Waals surface area contributed by atoms with E-state index in [1.807, 2.05) is 6.07 Å². The topological polar surface area (TPSA) is 74.2 Å². The summed E-state index contributed by atoms with van der Waals surface area (Å²) in [5.41, 5.74) is 7.22. The zero-order valence-corrected chi connectivity index (χ0v) is 11.2. The maximum atomic E-state index is 6.00. The van der Waals surface area contributed by atoms with E-state index in [1.54, 1.807) is 0 Å². The van der Waals surface area contributed by atoms with Crippen molar-refractivity contribution in [2.24, 2.45) is 5.73 Å². The molecule has 2 fully saturated rings. The van der Waals surface area contributed by atoms with E-state index in [-0.39, 0.29) is 17.4 Å². The fourth-order valence-corrected chi connectivity index (χ4v) is 2.93. The van der Waals surface area contributed by atoms with E-state index < -0.39 is 0 Å². The van der Waals surface area contributed by atoms with Gasteiger partial charge in [0.25, 0.3) is 0 Å². The Labute approximate surface area is 117 Å². The van der Waals surface area contributed by atoms with Gasteiger partial charge in [0.05, 0.1) is 24.5 Å². The summed E-state index contributed by atoms with van der Waals surface area (Å²) < 4.78 is 10.8. The van der Waals surface area contributed by atoms with Crippen LogP contribution in [0.2, 0.25) is 0 Å². The van der Waals surface area contributed by atoms with E-state index in [0.29, 0.717) is 19.1 Å². The van der Waals surface area contributed by atoms with Crippen LogP contribution in [0.25, 0.3) is 0 Å². The van der Waals surface area contributed by atoms with E-state index in [0.717, 1.165) is 18.7 Å². The van der Waals surface area contributed by atoms with Gasteiger partial charge in [-0.15, -0.1) is 0 Å². The third-order valence-corrected chi connectivity index (χ3v) is 4.39. The van der Waals surface area contributed by atoms with Crippen molar-refractivity contribution in [1.29, 1.82) is 0 Å². The van der Waals surface area contributed by atoms with Gasteiger partial charge in [0.1, 0.15) is 0 Å². The highest BCUT2D eigenvalue weighted by Gasteiger charge is 2.50. The van der Waals surface area contributed by atoms with Crippen LogP contribution in [0.1, 0.15) is 36.0 Å². The maximum Gasteiger partial charge on any atom is 0.233 e. The Morgan fingerprint density at radius 2 is 1.95 bits per heavy atom. The lowest BCUT2D eigenvalue weighted by atomic mass is 9.95. The average Bonchev–Trinajstić information content (AvgIpc) is 2.94. The summed E-state index contributed by atoms with van der Waals surface area (Å²) in [6, 6.07) is 10.3. The molecule has 1 aliphatic heterocycles. The molecular weight excluding hydrogens is 254 g/mol. The summed E-state index contributed by atoms with van der Waals surface area (Å²) in [4.78, 5) is 4.62. The molecule has 2 N–H and O–H groups in total. The van der Waals surface area contributed by atoms with Gasteiger partial charge in [0.2, 0.25) is 5.89 Å². The van der Waals surface area contributed by atoms with Crippen LogP contribution in [-0.2, 0) is 10.2 Å². The molecule has 1 saturated carbocycles. The van der Waals surface area contributed by atoms with Crippen molar-refractivity contribution >= 4 is 0 Å². The standard InChI is InChI=1S/C15H17N3O2/c16-12-9-19-8-11(12)13-17-14(18-20-13)15(6-7-15)10-4-2-1-3-5-10/h1-5,11-12H,6-9,16H2. The molecule has 104 valence electrons. The summed E-state index contributed by atoms with van der Waals surface area (Å²) in [7, 11) is 0. The maximum absolute atomic E-state index is 6.00. The van der Waals surface area contributed by atoms with Crippen LogP contribution in [0.5, 0.6) is 0 Å². The molecule has 2 heterocycles. The monoisotopic (exact) mass is 271 g/mol. The van der Waals surface area contributed by atoms with Gasteiger partial charge >= 0.3 is 0 Å². The zero-order valence-electron chi connectivity index (χ0n) is 11.2. The first-order valence-corrected chi connectivity index (χ1v) is 7.02. The van der Waals surface area contributed by atoms with Crippen LogP contribution in [-0.4, -0.2) is 29.4 Å². The molecule has 1 aliphatic carbocycles. The quantitative estimate of drug-likeness (QED) is 0.917. The second kappa shape index (κ2) is 4.40. The van der Waals surface area contributed by atoms with Gasteiger partial charge in [0, 0.05) is 6.04 Å². The molecule has 4 rings (SSSR count). The van der Waals surface area contributed by atoms with Crippen molar-refractivity contribution in [3.8, 4) is 0 Å². The summed E-state index contributed by atoms with van der Waals surface area (Å²) in [6.45, 7) is 1.13. The molecule has 0 spiro atoms. The highest BCUT2D eigenvalue weighted by atomic mass is 16.5. The third-order valence-electron chi connectivity index (χ3n) is 4.39. The van der Waals surface area contributed by atoms with Crippen LogP contribution < -0.4 is 5.73 Å². The number of ether oxygens (including phenoxy) is 1. The Balaban J connectivity index is 1.65. The molecule has 2 aliphatic rings. The lowest BCUT2D eigenvalue weighted by Crippen LogP contribution is -2.27. The molecule has 5 nitrogen and oxygen atoms in total. The first-order valence-electron chi connectivity index (χ1n) is 7.02. The highest BCUT2D eigenvalue weighted by Crippen LogP contribution is 2.52. The van der Waals surface area contributed by atoms with Gasteiger partial charge in [-0.25, -0.2) is 0 Å². The molecule has 0 radical (unpaired) electrons. The predicted molar refractivity (Wildman–Crippen MR) is 72.3 cm³/mol. The second-order valence-electron chi connectivity index (χ2n) is 5.71. The molecular formula is C15H17N3O2. The average molecular weight is 271 g/mol. The number of benzene rings is 1. The molecule has 5 heteroatoms. The first-order chi connectivity index (χ1) is 9.79. The Morgan fingerprint density at radius 1 is 1.15 bits per heavy atom. The molecule has 1 aromatic carbocycles. The summed E-state index contributed by atoms with van der Waals surface area (Å²) in [6.07, 6.45) is 2.15. The van der Waals surface area contributed by atoms with Gasteiger partial charge in [-0.2, -0.15) is 4.98 Å². The first kappa shape index (κ1) is 12.1. The van der Waals surface area contributed by atoms with E-state index in [9.17, 15) is 0 Å². The van der Waals surface area contributed by atoms with Gasteiger partial charge in [0.15, 0.2) is 5.82 Å². The van der Waals surface area contributed by atoms with E-state index in [1.165, 1.54) is 5.56 Å². The smallest absolute Gasteiger partial charge is 0.233 e. The van der Waals surface area contributed by atoms with E-state index >= 15 is 0 Å². The van der Waals surface area contributed by atoms with Crippen molar-refractivity contribution < 1.29 is 9.26 Å². The molecule has 20 heavy (non-hydrogen) atoms. The van der Waals surface area contributed by atoms with Crippen LogP contribution in [0.3, 0.4) is 0 Å². The normalized spacial score (nSPS) is 27.6. The second-order valence-corrected chi connectivity index (χ2v) is 5.71. The van der Waals surface area contributed by atoms with Crippen LogP contribution in [0.4, 0.5) is 0 Å². The summed E-state index contributed by atoms with van der Waals surface area (Å²) >= 11 is 0. The minimum atomic E-state index is -0.0490. The van der Waals surface area contributed by atoms with Crippen molar-refractivity contribution in [3.63, 3.8) is 0 Å². The third kappa shape index (κ3) is 1.77. The predicted octanol–water partition coefficient (Wildman–Crippen LogP) is 1.59. The molecule has 0 bridgehead atoms. The number of nitrogens with zero attached hydrogens (tertiary/aromatic N) is 2. The van der Waals surface area contributed by atoms with E-state index in [2.05, 4.69) is 34.4 Å². The fraction of sp³-hybridized carbons (Fsp3) is 0.467. The van der Waals surface area contributed by atoms with Gasteiger partial charge < -0.3 is 15.0 Å². The van der Waals surface area contributed by atoms with Crippen LogP contribution >= 0.6 is 0 Å². The molecule has 1 aromatic heterocycles. The highest BCUT2D eigenvalue weighted by molar-refractivity contribution is 5.38. The molecule has 2 aromatic rings. The number of hydrogen-bond donors (Lipinski definition) is 1. The van der Waals surface area contributed by atoms with Crippen molar-refractivity contribution in [3.05, 3.63) is 47.6 Å². The summed E-state index contributed by atoms with van der Waals surface area (Å²) in [5, 5.41) is 4.21. The lowest BCUT2D eigenvalue weighted by Gasteiger charge is -2.10. The van der Waals surface area contributed by atoms with Crippen molar-refractivity contribution in [1.82, 2.24) is 10.1 Å². The van der Waals surface area contributed by atoms with Gasteiger partial charge in [-0.3, -0.25) is 0 Å². The number of hydrogen-bond acceptors (Lipinski definition) is 5. The SMILES string of the molecule is NC1COCC1c1nc(C2(c3ccccc3)CC2)no1. The Morgan fingerprint density at radius 3 is 2.60 bits per heavy atom. The molecule has 0 amide bonds. The van der Waals surface area contributed by atoms with Crippen molar-refractivity contribution in [2.75, 3.05) is 13.2 Å². The van der Waals surface area contributed by atoms with Crippen LogP contribution in [0, 0.1) is 0 Å².